The number of hydrogen-bond donors (Lipinski definition) is 2. The minimum Gasteiger partial charge on any atom is -0.351 e. The number of hydrogen-bond acceptors (Lipinski definition) is 4. The van der Waals surface area contributed by atoms with E-state index in [1.54, 1.807) is 12.1 Å². The number of carbonyl (C=O) groups is 2. The van der Waals surface area contributed by atoms with Crippen LogP contribution in [0.4, 0.5) is 5.13 Å². The Labute approximate surface area is 139 Å². The number of thiazole rings is 1. The van der Waals surface area contributed by atoms with Crippen molar-refractivity contribution in [2.45, 2.75) is 12.8 Å². The summed E-state index contributed by atoms with van der Waals surface area (Å²) in [5, 5.41) is 6.06. The van der Waals surface area contributed by atoms with Gasteiger partial charge in [-0.05, 0) is 59.7 Å². The van der Waals surface area contributed by atoms with E-state index in [0.29, 0.717) is 22.1 Å². The number of benzene rings is 1. The number of halogens is 1. The van der Waals surface area contributed by atoms with Crippen molar-refractivity contribution in [2.75, 3.05) is 11.9 Å². The minimum absolute atomic E-state index is 0.102. The number of fused-ring (bicyclic) bond motifs is 1. The molecular weight excluding hydrogens is 401 g/mol. The molecule has 0 unspecified atom stereocenters. The third kappa shape index (κ3) is 3.24. The molecule has 0 saturated carbocycles. The zero-order valence-electron chi connectivity index (χ0n) is 11.0. The van der Waals surface area contributed by atoms with Crippen molar-refractivity contribution in [1.82, 2.24) is 10.3 Å². The molecule has 1 aliphatic heterocycles. The van der Waals surface area contributed by atoms with Crippen molar-refractivity contribution in [3.63, 3.8) is 0 Å². The van der Waals surface area contributed by atoms with Crippen molar-refractivity contribution >= 4 is 50.9 Å². The predicted molar refractivity (Wildman–Crippen MR) is 89.9 cm³/mol. The molecule has 108 valence electrons. The van der Waals surface area contributed by atoms with Crippen LogP contribution in [0, 0.1) is 3.57 Å². The molecule has 2 aromatic rings. The molecule has 2 N–H and O–H groups in total. The van der Waals surface area contributed by atoms with E-state index in [4.69, 9.17) is 0 Å². The van der Waals surface area contributed by atoms with Crippen LogP contribution >= 0.6 is 33.9 Å². The number of rotatable bonds is 2. The van der Waals surface area contributed by atoms with Crippen LogP contribution in [0.5, 0.6) is 0 Å². The summed E-state index contributed by atoms with van der Waals surface area (Å²) in [7, 11) is 0. The van der Waals surface area contributed by atoms with E-state index in [1.807, 2.05) is 12.1 Å². The molecule has 1 aromatic carbocycles. The molecule has 3 rings (SSSR count). The number of nitrogens with zero attached hydrogens (tertiary/aromatic N) is 1. The van der Waals surface area contributed by atoms with Crippen molar-refractivity contribution in [3.05, 3.63) is 44.0 Å². The van der Waals surface area contributed by atoms with Gasteiger partial charge in [0.05, 0.1) is 5.69 Å². The number of aromatic nitrogens is 1. The molecule has 7 heteroatoms. The summed E-state index contributed by atoms with van der Waals surface area (Å²) in [4.78, 5) is 29.0. The fourth-order valence-electron chi connectivity index (χ4n) is 2.06. The second-order valence-corrected chi connectivity index (χ2v) is 6.86. The van der Waals surface area contributed by atoms with Crippen LogP contribution in [0.3, 0.4) is 0 Å². The Bertz CT molecular complexity index is 697. The molecule has 0 spiro atoms. The lowest BCUT2D eigenvalue weighted by molar-refractivity contribution is 0.0958. The molecule has 0 bridgehead atoms. The molecule has 2 heterocycles. The van der Waals surface area contributed by atoms with Crippen LogP contribution in [0.1, 0.15) is 32.1 Å². The van der Waals surface area contributed by atoms with E-state index in [2.05, 4.69) is 38.2 Å². The highest BCUT2D eigenvalue weighted by molar-refractivity contribution is 14.1. The molecule has 1 aromatic heterocycles. The van der Waals surface area contributed by atoms with Crippen LogP contribution in [0.25, 0.3) is 0 Å². The quantitative estimate of drug-likeness (QED) is 0.744. The monoisotopic (exact) mass is 413 g/mol. The van der Waals surface area contributed by atoms with Gasteiger partial charge in [0.1, 0.15) is 4.88 Å². The number of anilines is 1. The third-order valence-corrected chi connectivity index (χ3v) is 4.84. The third-order valence-electron chi connectivity index (χ3n) is 3.11. The van der Waals surface area contributed by atoms with Crippen LogP contribution < -0.4 is 10.6 Å². The van der Waals surface area contributed by atoms with E-state index in [-0.39, 0.29) is 11.8 Å². The first kappa shape index (κ1) is 14.5. The summed E-state index contributed by atoms with van der Waals surface area (Å²) < 4.78 is 1.07. The lowest BCUT2D eigenvalue weighted by Gasteiger charge is -2.02. The minimum atomic E-state index is -0.212. The normalized spacial score (nSPS) is 14.0. The standard InChI is InChI=1S/C14H12IN3O2S/c15-9-5-3-8(4-6-9)12(19)18-14-17-10-2-1-7-16-13(20)11(10)21-14/h3-6H,1-2,7H2,(H,16,20)(H,17,18,19). The number of amides is 2. The summed E-state index contributed by atoms with van der Waals surface area (Å²) in [6.45, 7) is 0.673. The summed E-state index contributed by atoms with van der Waals surface area (Å²) in [5.74, 6) is -0.314. The molecular formula is C14H12IN3O2S. The fraction of sp³-hybridized carbons (Fsp3) is 0.214. The molecule has 1 aliphatic rings. The summed E-state index contributed by atoms with van der Waals surface area (Å²) >= 11 is 3.41. The maximum absolute atomic E-state index is 12.1. The summed E-state index contributed by atoms with van der Waals surface area (Å²) in [6, 6.07) is 7.28. The van der Waals surface area contributed by atoms with Gasteiger partial charge in [0, 0.05) is 15.7 Å². The SMILES string of the molecule is O=C(Nc1nc2c(s1)C(=O)NCCC2)c1ccc(I)cc1. The van der Waals surface area contributed by atoms with Gasteiger partial charge in [-0.25, -0.2) is 4.98 Å². The number of carbonyl (C=O) groups excluding carboxylic acids is 2. The first-order valence-corrected chi connectivity index (χ1v) is 8.38. The lowest BCUT2D eigenvalue weighted by atomic mass is 10.2. The Kier molecular flexibility index (Phi) is 4.20. The van der Waals surface area contributed by atoms with E-state index in [1.165, 1.54) is 11.3 Å². The Morgan fingerprint density at radius 2 is 2.10 bits per heavy atom. The maximum atomic E-state index is 12.1. The van der Waals surface area contributed by atoms with Gasteiger partial charge in [0.25, 0.3) is 11.8 Å². The van der Waals surface area contributed by atoms with E-state index >= 15 is 0 Å². The fourth-order valence-corrected chi connectivity index (χ4v) is 3.34. The molecule has 21 heavy (non-hydrogen) atoms. The van der Waals surface area contributed by atoms with Gasteiger partial charge >= 0.3 is 0 Å². The van der Waals surface area contributed by atoms with Gasteiger partial charge < -0.3 is 5.32 Å². The first-order chi connectivity index (χ1) is 10.1. The van der Waals surface area contributed by atoms with Crippen molar-refractivity contribution < 1.29 is 9.59 Å². The average Bonchev–Trinajstić information content (AvgIpc) is 2.79. The predicted octanol–water partition coefficient (Wildman–Crippen LogP) is 2.68. The molecule has 2 amide bonds. The average molecular weight is 413 g/mol. The van der Waals surface area contributed by atoms with Crippen LogP contribution in [0.15, 0.2) is 24.3 Å². The lowest BCUT2D eigenvalue weighted by Crippen LogP contribution is -2.21. The number of nitrogens with one attached hydrogen (secondary N) is 2. The zero-order chi connectivity index (χ0) is 14.8. The molecule has 0 aliphatic carbocycles. The highest BCUT2D eigenvalue weighted by Crippen LogP contribution is 2.26. The largest absolute Gasteiger partial charge is 0.351 e. The molecule has 0 atom stereocenters. The van der Waals surface area contributed by atoms with Crippen LogP contribution in [-0.4, -0.2) is 23.3 Å². The summed E-state index contributed by atoms with van der Waals surface area (Å²) in [5.41, 5.74) is 1.35. The van der Waals surface area contributed by atoms with Gasteiger partial charge in [-0.15, -0.1) is 0 Å². The van der Waals surface area contributed by atoms with Crippen molar-refractivity contribution in [3.8, 4) is 0 Å². The highest BCUT2D eigenvalue weighted by Gasteiger charge is 2.21. The maximum Gasteiger partial charge on any atom is 0.263 e. The van der Waals surface area contributed by atoms with Gasteiger partial charge in [-0.2, -0.15) is 0 Å². The summed E-state index contributed by atoms with van der Waals surface area (Å²) in [6.07, 6.45) is 1.62. The topological polar surface area (TPSA) is 71.1 Å². The van der Waals surface area contributed by atoms with E-state index < -0.39 is 0 Å². The molecule has 0 radical (unpaired) electrons. The van der Waals surface area contributed by atoms with Crippen LogP contribution in [0.2, 0.25) is 0 Å². The van der Waals surface area contributed by atoms with Gasteiger partial charge in [0.15, 0.2) is 5.13 Å². The Balaban J connectivity index is 1.79. The second kappa shape index (κ2) is 6.10. The number of aryl methyl sites for hydroxylation is 1. The van der Waals surface area contributed by atoms with E-state index in [9.17, 15) is 9.59 Å². The Hall–Kier alpha value is -1.48. The van der Waals surface area contributed by atoms with Gasteiger partial charge in [0.2, 0.25) is 0 Å². The van der Waals surface area contributed by atoms with Crippen LogP contribution in [-0.2, 0) is 6.42 Å². The second-order valence-electron chi connectivity index (χ2n) is 4.62. The van der Waals surface area contributed by atoms with Crippen molar-refractivity contribution in [1.29, 1.82) is 0 Å². The molecule has 0 saturated heterocycles. The Morgan fingerprint density at radius 3 is 2.86 bits per heavy atom. The van der Waals surface area contributed by atoms with Gasteiger partial charge in [-0.1, -0.05) is 11.3 Å². The van der Waals surface area contributed by atoms with Gasteiger partial charge in [-0.3, -0.25) is 14.9 Å². The Morgan fingerprint density at radius 1 is 1.33 bits per heavy atom. The van der Waals surface area contributed by atoms with E-state index in [0.717, 1.165) is 22.1 Å². The first-order valence-electron chi connectivity index (χ1n) is 6.48. The molecule has 0 fully saturated rings. The highest BCUT2D eigenvalue weighted by atomic mass is 127. The zero-order valence-corrected chi connectivity index (χ0v) is 14.0. The smallest absolute Gasteiger partial charge is 0.263 e. The van der Waals surface area contributed by atoms with Crippen molar-refractivity contribution in [2.24, 2.45) is 0 Å². The molecule has 5 nitrogen and oxygen atoms in total.